The number of nitrogens with zero attached hydrogens (tertiary/aromatic N) is 1. The van der Waals surface area contributed by atoms with Crippen molar-refractivity contribution in [3.63, 3.8) is 0 Å². The van der Waals surface area contributed by atoms with Crippen molar-refractivity contribution in [2.75, 3.05) is 21.3 Å². The molecule has 0 aliphatic carbocycles. The van der Waals surface area contributed by atoms with Crippen LogP contribution in [0.25, 0.3) is 0 Å². The molecule has 0 radical (unpaired) electrons. The molecule has 0 N–H and O–H groups in total. The predicted octanol–water partition coefficient (Wildman–Crippen LogP) is 3.90. The molecule has 19 heavy (non-hydrogen) atoms. The van der Waals surface area contributed by atoms with Gasteiger partial charge in [-0.1, -0.05) is 38.5 Å². The summed E-state index contributed by atoms with van der Waals surface area (Å²) in [5.41, 5.74) is 0. The van der Waals surface area contributed by atoms with Gasteiger partial charge in [-0.25, -0.2) is 0 Å². The van der Waals surface area contributed by atoms with Gasteiger partial charge in [-0.2, -0.15) is 5.26 Å². The van der Waals surface area contributed by atoms with Crippen LogP contribution in [0.4, 0.5) is 0 Å². The average Bonchev–Trinajstić information content (AvgIpc) is 2.46. The maximum atomic E-state index is 8.42. The summed E-state index contributed by atoms with van der Waals surface area (Å²) in [5.74, 6) is 0. The Balaban J connectivity index is 3.38. The minimum Gasteiger partial charge on any atom is -0.377 e. The van der Waals surface area contributed by atoms with Crippen molar-refractivity contribution in [1.82, 2.24) is 0 Å². The molecule has 0 unspecified atom stereocenters. The lowest BCUT2D eigenvalue weighted by Gasteiger charge is -2.24. The minimum atomic E-state index is -2.34. The Morgan fingerprint density at radius 3 is 1.58 bits per heavy atom. The summed E-state index contributed by atoms with van der Waals surface area (Å²) >= 11 is 0. The first kappa shape index (κ1) is 18.6. The monoisotopic (exact) mass is 287 g/mol. The number of hydrogen-bond acceptors (Lipinski definition) is 4. The van der Waals surface area contributed by atoms with Crippen LogP contribution in [-0.2, 0) is 13.3 Å². The van der Waals surface area contributed by atoms with E-state index in [1.54, 1.807) is 21.3 Å². The highest BCUT2D eigenvalue weighted by atomic mass is 28.4. The van der Waals surface area contributed by atoms with E-state index in [0.717, 1.165) is 18.9 Å². The van der Waals surface area contributed by atoms with E-state index in [9.17, 15) is 0 Å². The van der Waals surface area contributed by atoms with Gasteiger partial charge in [0, 0.05) is 33.8 Å². The molecule has 0 aromatic carbocycles. The van der Waals surface area contributed by atoms with Gasteiger partial charge in [0.2, 0.25) is 0 Å². The maximum Gasteiger partial charge on any atom is 0.500 e. The van der Waals surface area contributed by atoms with Gasteiger partial charge in [-0.3, -0.25) is 0 Å². The van der Waals surface area contributed by atoms with Crippen molar-refractivity contribution in [3.05, 3.63) is 0 Å². The van der Waals surface area contributed by atoms with Crippen LogP contribution in [0.15, 0.2) is 0 Å². The molecule has 0 rings (SSSR count). The summed E-state index contributed by atoms with van der Waals surface area (Å²) in [6.45, 7) is 0. The second-order valence-corrected chi connectivity index (χ2v) is 7.87. The Morgan fingerprint density at radius 1 is 0.737 bits per heavy atom. The largest absolute Gasteiger partial charge is 0.500 e. The SMILES string of the molecule is CO[Si](CCCCCCCCCCC#N)(OC)OC. The van der Waals surface area contributed by atoms with Crippen LogP contribution in [0.5, 0.6) is 0 Å². The van der Waals surface area contributed by atoms with Gasteiger partial charge in [0.15, 0.2) is 0 Å². The van der Waals surface area contributed by atoms with Gasteiger partial charge in [0.05, 0.1) is 6.07 Å². The first-order valence-electron chi connectivity index (χ1n) is 7.27. The van der Waals surface area contributed by atoms with Crippen molar-refractivity contribution in [1.29, 1.82) is 5.26 Å². The lowest BCUT2D eigenvalue weighted by Crippen LogP contribution is -2.42. The quantitative estimate of drug-likeness (QED) is 0.381. The highest BCUT2D eigenvalue weighted by Crippen LogP contribution is 2.18. The van der Waals surface area contributed by atoms with Crippen LogP contribution >= 0.6 is 0 Å². The van der Waals surface area contributed by atoms with Gasteiger partial charge < -0.3 is 13.3 Å². The number of rotatable bonds is 13. The Kier molecular flexibility index (Phi) is 12.3. The van der Waals surface area contributed by atoms with E-state index in [1.165, 1.54) is 38.5 Å². The van der Waals surface area contributed by atoms with E-state index in [4.69, 9.17) is 18.5 Å². The molecule has 0 aliphatic heterocycles. The fourth-order valence-corrected chi connectivity index (χ4v) is 3.96. The summed E-state index contributed by atoms with van der Waals surface area (Å²) in [6, 6.07) is 3.09. The molecular formula is C14H29NO3Si. The molecule has 4 nitrogen and oxygen atoms in total. The molecule has 0 bridgehead atoms. The van der Waals surface area contributed by atoms with Crippen molar-refractivity contribution < 1.29 is 13.3 Å². The zero-order valence-corrected chi connectivity index (χ0v) is 13.7. The molecule has 0 atom stereocenters. The molecule has 0 aromatic heterocycles. The normalized spacial score (nSPS) is 11.5. The lowest BCUT2D eigenvalue weighted by atomic mass is 10.1. The Labute approximate surface area is 119 Å². The van der Waals surface area contributed by atoms with E-state index < -0.39 is 8.80 Å². The molecular weight excluding hydrogens is 258 g/mol. The molecule has 0 saturated heterocycles. The standard InChI is InChI=1S/C14H29NO3Si/c1-16-19(17-2,18-3)14-12-10-8-6-4-5-7-9-11-13-15/h4-12,14H2,1-3H3. The molecule has 0 aromatic rings. The van der Waals surface area contributed by atoms with Crippen LogP contribution in [0.3, 0.4) is 0 Å². The van der Waals surface area contributed by atoms with E-state index >= 15 is 0 Å². The molecule has 0 aliphatic rings. The third kappa shape index (κ3) is 9.17. The smallest absolute Gasteiger partial charge is 0.377 e. The predicted molar refractivity (Wildman–Crippen MR) is 78.8 cm³/mol. The van der Waals surface area contributed by atoms with Crippen molar-refractivity contribution in [2.45, 2.75) is 63.8 Å². The van der Waals surface area contributed by atoms with Crippen molar-refractivity contribution in [2.24, 2.45) is 0 Å². The van der Waals surface area contributed by atoms with Gasteiger partial charge in [-0.05, 0) is 12.8 Å². The van der Waals surface area contributed by atoms with Crippen LogP contribution in [0.2, 0.25) is 6.04 Å². The van der Waals surface area contributed by atoms with E-state index in [2.05, 4.69) is 6.07 Å². The Hall–Kier alpha value is -0.413. The van der Waals surface area contributed by atoms with Crippen LogP contribution in [-0.4, -0.2) is 30.1 Å². The zero-order chi connectivity index (χ0) is 14.4. The van der Waals surface area contributed by atoms with Crippen LogP contribution in [0, 0.1) is 11.3 Å². The highest BCUT2D eigenvalue weighted by molar-refractivity contribution is 6.60. The van der Waals surface area contributed by atoms with Gasteiger partial charge in [0.1, 0.15) is 0 Å². The highest BCUT2D eigenvalue weighted by Gasteiger charge is 2.36. The molecule has 0 saturated carbocycles. The van der Waals surface area contributed by atoms with Crippen LogP contribution in [0.1, 0.15) is 57.8 Å². The number of unbranched alkanes of at least 4 members (excludes halogenated alkanes) is 8. The van der Waals surface area contributed by atoms with Gasteiger partial charge in [0.25, 0.3) is 0 Å². The third-order valence-electron chi connectivity index (χ3n) is 3.45. The van der Waals surface area contributed by atoms with Crippen LogP contribution < -0.4 is 0 Å². The third-order valence-corrected chi connectivity index (χ3v) is 6.29. The fraction of sp³-hybridized carbons (Fsp3) is 0.929. The molecule has 0 fully saturated rings. The zero-order valence-electron chi connectivity index (χ0n) is 12.7. The first-order chi connectivity index (χ1) is 9.24. The second kappa shape index (κ2) is 12.6. The summed E-state index contributed by atoms with van der Waals surface area (Å²) in [7, 11) is 2.66. The average molecular weight is 287 g/mol. The molecule has 0 amide bonds. The Bertz CT molecular complexity index is 231. The van der Waals surface area contributed by atoms with Gasteiger partial charge >= 0.3 is 8.80 Å². The van der Waals surface area contributed by atoms with E-state index in [1.807, 2.05) is 0 Å². The maximum absolute atomic E-state index is 8.42. The number of hydrogen-bond donors (Lipinski definition) is 0. The molecule has 0 heterocycles. The summed E-state index contributed by atoms with van der Waals surface area (Å²) in [4.78, 5) is 0. The molecule has 0 spiro atoms. The summed E-state index contributed by atoms with van der Waals surface area (Å²) < 4.78 is 16.2. The Morgan fingerprint density at radius 2 is 1.16 bits per heavy atom. The summed E-state index contributed by atoms with van der Waals surface area (Å²) in [6.07, 6.45) is 10.4. The van der Waals surface area contributed by atoms with Crippen molar-refractivity contribution >= 4 is 8.80 Å². The molecule has 112 valence electrons. The van der Waals surface area contributed by atoms with E-state index in [0.29, 0.717) is 6.42 Å². The molecule has 5 heteroatoms. The van der Waals surface area contributed by atoms with Gasteiger partial charge in [-0.15, -0.1) is 0 Å². The summed E-state index contributed by atoms with van der Waals surface area (Å²) in [5, 5.41) is 8.42. The topological polar surface area (TPSA) is 51.5 Å². The van der Waals surface area contributed by atoms with E-state index in [-0.39, 0.29) is 0 Å². The van der Waals surface area contributed by atoms with Crippen molar-refractivity contribution in [3.8, 4) is 6.07 Å². The fourth-order valence-electron chi connectivity index (χ4n) is 2.16. The number of nitriles is 1. The second-order valence-electron chi connectivity index (χ2n) is 4.78. The first-order valence-corrected chi connectivity index (χ1v) is 9.20. The minimum absolute atomic E-state index is 0.706. The lowest BCUT2D eigenvalue weighted by molar-refractivity contribution is 0.122.